The lowest BCUT2D eigenvalue weighted by atomic mass is 10.0. The molecular weight excluding hydrogens is 252 g/mol. The first-order valence-electron chi connectivity index (χ1n) is 5.88. The van der Waals surface area contributed by atoms with Crippen LogP contribution in [0, 0.1) is 0 Å². The van der Waals surface area contributed by atoms with Gasteiger partial charge in [0.05, 0.1) is 11.7 Å². The molecule has 1 aliphatic heterocycles. The van der Waals surface area contributed by atoms with Gasteiger partial charge in [-0.05, 0) is 31.4 Å². The summed E-state index contributed by atoms with van der Waals surface area (Å²) in [5.41, 5.74) is 0.525. The Hall–Kier alpha value is -1.40. The fourth-order valence-electron chi connectivity index (χ4n) is 2.33. The van der Waals surface area contributed by atoms with Crippen LogP contribution in [0.5, 0.6) is 0 Å². The van der Waals surface area contributed by atoms with Gasteiger partial charge in [0.15, 0.2) is 0 Å². The number of hydrogen-bond donors (Lipinski definition) is 1. The molecule has 98 valence electrons. The van der Waals surface area contributed by atoms with E-state index in [1.54, 1.807) is 18.2 Å². The van der Waals surface area contributed by atoms with E-state index in [9.17, 15) is 13.2 Å². The Morgan fingerprint density at radius 1 is 1.28 bits per heavy atom. The molecular formula is C12H16N2O3S. The summed E-state index contributed by atoms with van der Waals surface area (Å²) in [4.78, 5) is 13.0. The zero-order chi connectivity index (χ0) is 13.2. The third-order valence-electron chi connectivity index (χ3n) is 3.19. The maximum absolute atomic E-state index is 11.6. The molecule has 5 nitrogen and oxygen atoms in total. The van der Waals surface area contributed by atoms with Gasteiger partial charge in [-0.1, -0.05) is 12.1 Å². The van der Waals surface area contributed by atoms with E-state index in [-0.39, 0.29) is 10.9 Å². The topological polar surface area (TPSA) is 80.5 Å². The Kier molecular flexibility index (Phi) is 3.68. The lowest BCUT2D eigenvalue weighted by Crippen LogP contribution is -2.41. The number of para-hydroxylation sites is 1. The minimum absolute atomic E-state index is 0.0822. The number of piperidine rings is 1. The van der Waals surface area contributed by atoms with Gasteiger partial charge in [-0.3, -0.25) is 0 Å². The van der Waals surface area contributed by atoms with Gasteiger partial charge in [0.25, 0.3) is 0 Å². The number of benzene rings is 1. The summed E-state index contributed by atoms with van der Waals surface area (Å²) < 4.78 is 23.1. The molecule has 0 radical (unpaired) electrons. The highest BCUT2D eigenvalue weighted by molar-refractivity contribution is 7.89. The molecule has 2 N–H and O–H groups in total. The second-order valence-electron chi connectivity index (χ2n) is 4.41. The van der Waals surface area contributed by atoms with Crippen molar-refractivity contribution in [2.45, 2.75) is 30.2 Å². The molecule has 2 rings (SSSR count). The Balaban J connectivity index is 2.47. The lowest BCUT2D eigenvalue weighted by molar-refractivity contribution is -0.109. The minimum Gasteiger partial charge on any atom is -0.361 e. The number of rotatable bonds is 3. The predicted octanol–water partition coefficient (Wildman–Crippen LogP) is 0.892. The summed E-state index contributed by atoms with van der Waals surface area (Å²) in [7, 11) is -3.77. The van der Waals surface area contributed by atoms with Crippen molar-refractivity contribution in [1.82, 2.24) is 0 Å². The van der Waals surface area contributed by atoms with Crippen LogP contribution >= 0.6 is 0 Å². The highest BCUT2D eigenvalue weighted by Gasteiger charge is 2.26. The molecule has 6 heteroatoms. The largest absolute Gasteiger partial charge is 0.361 e. The highest BCUT2D eigenvalue weighted by atomic mass is 32.2. The fourth-order valence-corrected chi connectivity index (χ4v) is 3.08. The highest BCUT2D eigenvalue weighted by Crippen LogP contribution is 2.29. The number of carbonyl (C=O) groups is 1. The summed E-state index contributed by atoms with van der Waals surface area (Å²) in [5.74, 6) is 0. The van der Waals surface area contributed by atoms with Crippen molar-refractivity contribution in [3.05, 3.63) is 24.3 Å². The SMILES string of the molecule is NS(=O)(=O)c1ccccc1N1CCCCC1C=O. The van der Waals surface area contributed by atoms with E-state index in [1.807, 2.05) is 4.90 Å². The standard InChI is InChI=1S/C12H16N2O3S/c13-18(16,17)12-7-2-1-6-11(12)14-8-4-3-5-10(14)9-15/h1-2,6-7,9-10H,3-5,8H2,(H2,13,16,17). The second-order valence-corrected chi connectivity index (χ2v) is 5.94. The number of nitrogens with zero attached hydrogens (tertiary/aromatic N) is 1. The summed E-state index contributed by atoms with van der Waals surface area (Å²) in [5, 5.41) is 5.21. The van der Waals surface area contributed by atoms with Gasteiger partial charge >= 0.3 is 0 Å². The zero-order valence-corrected chi connectivity index (χ0v) is 10.8. The molecule has 1 heterocycles. The summed E-state index contributed by atoms with van der Waals surface area (Å²) >= 11 is 0. The lowest BCUT2D eigenvalue weighted by Gasteiger charge is -2.35. The first-order chi connectivity index (χ1) is 8.54. The first-order valence-corrected chi connectivity index (χ1v) is 7.42. The fraction of sp³-hybridized carbons (Fsp3) is 0.417. The molecule has 18 heavy (non-hydrogen) atoms. The molecule has 1 fully saturated rings. The van der Waals surface area contributed by atoms with E-state index in [0.29, 0.717) is 12.2 Å². The van der Waals surface area contributed by atoms with E-state index in [4.69, 9.17) is 5.14 Å². The van der Waals surface area contributed by atoms with Crippen LogP contribution in [0.2, 0.25) is 0 Å². The van der Waals surface area contributed by atoms with Crippen LogP contribution < -0.4 is 10.0 Å². The van der Waals surface area contributed by atoms with Gasteiger partial charge in [0, 0.05) is 6.54 Å². The van der Waals surface area contributed by atoms with E-state index in [0.717, 1.165) is 25.5 Å². The molecule has 0 spiro atoms. The Morgan fingerprint density at radius 3 is 2.67 bits per heavy atom. The average Bonchev–Trinajstić information content (AvgIpc) is 2.37. The molecule has 0 aliphatic carbocycles. The third-order valence-corrected chi connectivity index (χ3v) is 4.15. The van der Waals surface area contributed by atoms with Crippen LogP contribution in [-0.2, 0) is 14.8 Å². The van der Waals surface area contributed by atoms with Crippen LogP contribution in [0.1, 0.15) is 19.3 Å². The number of hydrogen-bond acceptors (Lipinski definition) is 4. The number of primary sulfonamides is 1. The van der Waals surface area contributed by atoms with Crippen molar-refractivity contribution >= 4 is 22.0 Å². The Bertz CT molecular complexity index is 542. The normalized spacial score (nSPS) is 20.7. The van der Waals surface area contributed by atoms with Crippen LogP contribution in [-0.4, -0.2) is 27.3 Å². The van der Waals surface area contributed by atoms with E-state index in [1.165, 1.54) is 6.07 Å². The molecule has 0 saturated carbocycles. The van der Waals surface area contributed by atoms with Gasteiger partial charge in [0.1, 0.15) is 11.2 Å². The van der Waals surface area contributed by atoms with Gasteiger partial charge in [-0.2, -0.15) is 0 Å². The van der Waals surface area contributed by atoms with Crippen molar-refractivity contribution in [3.8, 4) is 0 Å². The predicted molar refractivity (Wildman–Crippen MR) is 68.9 cm³/mol. The number of nitrogens with two attached hydrogens (primary N) is 1. The van der Waals surface area contributed by atoms with Crippen molar-refractivity contribution in [2.75, 3.05) is 11.4 Å². The quantitative estimate of drug-likeness (QED) is 0.826. The molecule has 1 aromatic rings. The van der Waals surface area contributed by atoms with Crippen LogP contribution in [0.15, 0.2) is 29.2 Å². The Morgan fingerprint density at radius 2 is 2.00 bits per heavy atom. The molecule has 1 aliphatic rings. The molecule has 1 unspecified atom stereocenters. The second kappa shape index (κ2) is 5.07. The van der Waals surface area contributed by atoms with Crippen molar-refractivity contribution < 1.29 is 13.2 Å². The summed E-state index contributed by atoms with van der Waals surface area (Å²) in [6, 6.07) is 6.29. The number of sulfonamides is 1. The first kappa shape index (κ1) is 13.0. The van der Waals surface area contributed by atoms with Gasteiger partial charge in [-0.25, -0.2) is 13.6 Å². The summed E-state index contributed by atoms with van der Waals surface area (Å²) in [6.45, 7) is 0.677. The maximum atomic E-state index is 11.6. The van der Waals surface area contributed by atoms with Gasteiger partial charge in [0.2, 0.25) is 10.0 Å². The van der Waals surface area contributed by atoms with Crippen LogP contribution in [0.4, 0.5) is 5.69 Å². The zero-order valence-electron chi connectivity index (χ0n) is 9.95. The van der Waals surface area contributed by atoms with E-state index >= 15 is 0 Å². The molecule has 0 amide bonds. The summed E-state index contributed by atoms with van der Waals surface area (Å²) in [6.07, 6.45) is 3.56. The van der Waals surface area contributed by atoms with Gasteiger partial charge < -0.3 is 9.69 Å². The van der Waals surface area contributed by atoms with Crippen molar-refractivity contribution in [2.24, 2.45) is 5.14 Å². The van der Waals surface area contributed by atoms with Gasteiger partial charge in [-0.15, -0.1) is 0 Å². The average molecular weight is 268 g/mol. The van der Waals surface area contributed by atoms with Crippen LogP contribution in [0.25, 0.3) is 0 Å². The monoisotopic (exact) mass is 268 g/mol. The molecule has 1 saturated heterocycles. The maximum Gasteiger partial charge on any atom is 0.240 e. The number of aldehydes is 1. The molecule has 1 atom stereocenters. The molecule has 0 bridgehead atoms. The van der Waals surface area contributed by atoms with Crippen molar-refractivity contribution in [3.63, 3.8) is 0 Å². The minimum atomic E-state index is -3.77. The van der Waals surface area contributed by atoms with Crippen molar-refractivity contribution in [1.29, 1.82) is 0 Å². The van der Waals surface area contributed by atoms with E-state index in [2.05, 4.69) is 0 Å². The smallest absolute Gasteiger partial charge is 0.240 e. The van der Waals surface area contributed by atoms with Crippen LogP contribution in [0.3, 0.4) is 0 Å². The number of anilines is 1. The Labute approximate surface area is 107 Å². The third kappa shape index (κ3) is 2.54. The molecule has 0 aromatic heterocycles. The van der Waals surface area contributed by atoms with E-state index < -0.39 is 10.0 Å². The molecule has 1 aromatic carbocycles. The number of carbonyl (C=O) groups excluding carboxylic acids is 1.